The van der Waals surface area contributed by atoms with Crippen LogP contribution in [0, 0.1) is 0 Å². The summed E-state index contributed by atoms with van der Waals surface area (Å²) in [5.41, 5.74) is 0. The Hall–Kier alpha value is -1.51. The molecule has 0 aromatic carbocycles. The van der Waals surface area contributed by atoms with Gasteiger partial charge in [-0.25, -0.2) is 0 Å². The van der Waals surface area contributed by atoms with Gasteiger partial charge in [0.25, 0.3) is 0 Å². The Morgan fingerprint density at radius 1 is 1.22 bits per heavy atom. The van der Waals surface area contributed by atoms with Crippen LogP contribution in [-0.4, -0.2) is 80.2 Å². The van der Waals surface area contributed by atoms with E-state index in [1.54, 1.807) is 7.05 Å². The van der Waals surface area contributed by atoms with E-state index in [4.69, 9.17) is 0 Å². The Morgan fingerprint density at radius 3 is 2.30 bits per heavy atom. The van der Waals surface area contributed by atoms with Crippen molar-refractivity contribution >= 4 is 11.9 Å². The number of nitrogens with one attached hydrogen (secondary N) is 2. The molecule has 1 rings (SSSR count). The summed E-state index contributed by atoms with van der Waals surface area (Å²) in [4.78, 5) is 19.0. The van der Waals surface area contributed by atoms with Crippen LogP contribution < -0.4 is 10.6 Å². The smallest absolute Gasteiger partial charge is 0.355 e. The number of rotatable bonds is 5. The summed E-state index contributed by atoms with van der Waals surface area (Å²) in [6.45, 7) is 5.37. The minimum atomic E-state index is -4.21. The Labute approximate surface area is 135 Å². The lowest BCUT2D eigenvalue weighted by molar-refractivity contribution is -0.181. The normalized spacial score (nSPS) is 18.7. The number of hydrogen-bond donors (Lipinski definition) is 2. The molecule has 0 radical (unpaired) electrons. The fourth-order valence-corrected chi connectivity index (χ4v) is 2.35. The molecule has 1 amide bonds. The number of hydrogen-bond acceptors (Lipinski definition) is 3. The summed E-state index contributed by atoms with van der Waals surface area (Å²) in [5, 5.41) is 5.69. The first kappa shape index (κ1) is 19.5. The van der Waals surface area contributed by atoms with E-state index < -0.39 is 12.2 Å². The van der Waals surface area contributed by atoms with Gasteiger partial charge in [0.15, 0.2) is 5.96 Å². The first-order valence-corrected chi connectivity index (χ1v) is 7.82. The quantitative estimate of drug-likeness (QED) is 0.571. The summed E-state index contributed by atoms with van der Waals surface area (Å²) in [7, 11) is 1.59. The van der Waals surface area contributed by atoms with E-state index in [-0.39, 0.29) is 12.5 Å². The summed E-state index contributed by atoms with van der Waals surface area (Å²) in [6, 6.07) is -1.44. The lowest BCUT2D eigenvalue weighted by Crippen LogP contribution is -2.57. The number of alkyl halides is 3. The first-order valence-electron chi connectivity index (χ1n) is 7.82. The van der Waals surface area contributed by atoms with Gasteiger partial charge in [0.05, 0.1) is 6.54 Å². The molecule has 6 nitrogen and oxygen atoms in total. The van der Waals surface area contributed by atoms with E-state index in [1.807, 2.05) is 11.8 Å². The van der Waals surface area contributed by atoms with E-state index in [0.29, 0.717) is 38.7 Å². The van der Waals surface area contributed by atoms with Gasteiger partial charge in [0.1, 0.15) is 6.04 Å². The van der Waals surface area contributed by atoms with Gasteiger partial charge in [-0.05, 0) is 13.3 Å². The Kier molecular flexibility index (Phi) is 7.60. The van der Waals surface area contributed by atoms with Gasteiger partial charge >= 0.3 is 6.18 Å². The predicted octanol–water partition coefficient (Wildman–Crippen LogP) is 0.656. The number of amides is 1. The van der Waals surface area contributed by atoms with Crippen LogP contribution in [0.3, 0.4) is 0 Å². The Bertz CT molecular complexity index is 406. The highest BCUT2D eigenvalue weighted by Crippen LogP contribution is 2.25. The van der Waals surface area contributed by atoms with Crippen LogP contribution in [0.2, 0.25) is 0 Å². The molecule has 0 aromatic rings. The van der Waals surface area contributed by atoms with Gasteiger partial charge in [-0.15, -0.1) is 0 Å². The van der Waals surface area contributed by atoms with Gasteiger partial charge in [-0.3, -0.25) is 14.7 Å². The molecule has 0 bridgehead atoms. The van der Waals surface area contributed by atoms with Crippen LogP contribution in [0.4, 0.5) is 13.2 Å². The molecule has 0 aromatic heterocycles. The van der Waals surface area contributed by atoms with Crippen LogP contribution in [0.5, 0.6) is 0 Å². The maximum absolute atomic E-state index is 12.7. The lowest BCUT2D eigenvalue weighted by atomic mass is 10.2. The van der Waals surface area contributed by atoms with Crippen molar-refractivity contribution in [2.24, 2.45) is 4.99 Å². The zero-order valence-electron chi connectivity index (χ0n) is 13.9. The molecule has 134 valence electrons. The number of carbonyl (C=O) groups is 1. The van der Waals surface area contributed by atoms with Gasteiger partial charge in [0, 0.05) is 39.8 Å². The fourth-order valence-electron chi connectivity index (χ4n) is 2.35. The zero-order chi connectivity index (χ0) is 17.5. The van der Waals surface area contributed by atoms with Gasteiger partial charge in [0.2, 0.25) is 5.91 Å². The minimum Gasteiger partial charge on any atom is -0.355 e. The Morgan fingerprint density at radius 2 is 1.83 bits per heavy atom. The zero-order valence-corrected chi connectivity index (χ0v) is 13.9. The molecular formula is C14H26F3N5O. The average Bonchev–Trinajstić information content (AvgIpc) is 2.52. The third-order valence-corrected chi connectivity index (χ3v) is 3.83. The third kappa shape index (κ3) is 6.25. The summed E-state index contributed by atoms with van der Waals surface area (Å²) in [5.74, 6) is 0.410. The third-order valence-electron chi connectivity index (χ3n) is 3.83. The van der Waals surface area contributed by atoms with Crippen LogP contribution >= 0.6 is 0 Å². The van der Waals surface area contributed by atoms with E-state index in [1.165, 1.54) is 11.8 Å². The number of piperazine rings is 1. The molecule has 1 heterocycles. The second kappa shape index (κ2) is 8.95. The first-order chi connectivity index (χ1) is 10.8. The largest absolute Gasteiger partial charge is 0.403 e. The van der Waals surface area contributed by atoms with Crippen molar-refractivity contribution in [1.82, 2.24) is 20.4 Å². The minimum absolute atomic E-state index is 0.103. The topological polar surface area (TPSA) is 60.0 Å². The van der Waals surface area contributed by atoms with Gasteiger partial charge in [-0.1, -0.05) is 6.92 Å². The maximum atomic E-state index is 12.7. The lowest BCUT2D eigenvalue weighted by Gasteiger charge is -2.39. The number of aliphatic imine (C=N–C) groups is 1. The van der Waals surface area contributed by atoms with Gasteiger partial charge in [-0.2, -0.15) is 13.2 Å². The van der Waals surface area contributed by atoms with Gasteiger partial charge < -0.3 is 15.5 Å². The Balaban J connectivity index is 2.43. The molecule has 1 fully saturated rings. The van der Waals surface area contributed by atoms with Crippen molar-refractivity contribution in [1.29, 1.82) is 0 Å². The average molecular weight is 337 g/mol. The molecule has 1 unspecified atom stereocenters. The van der Waals surface area contributed by atoms with E-state index >= 15 is 0 Å². The summed E-state index contributed by atoms with van der Waals surface area (Å²) >= 11 is 0. The van der Waals surface area contributed by atoms with Crippen molar-refractivity contribution in [3.05, 3.63) is 0 Å². The summed E-state index contributed by atoms with van der Waals surface area (Å²) in [6.07, 6.45) is -3.35. The highest BCUT2D eigenvalue weighted by atomic mass is 19.4. The van der Waals surface area contributed by atoms with Crippen LogP contribution in [0.25, 0.3) is 0 Å². The SMILES string of the molecule is CCCNC(=O)CNC(=NC)N1CCN(C(C)C(F)(F)F)CC1. The molecule has 23 heavy (non-hydrogen) atoms. The number of nitrogens with zero attached hydrogens (tertiary/aromatic N) is 3. The highest BCUT2D eigenvalue weighted by molar-refractivity contribution is 5.86. The number of halogens is 3. The molecule has 1 aliphatic heterocycles. The van der Waals surface area contributed by atoms with Crippen LogP contribution in [-0.2, 0) is 4.79 Å². The molecule has 1 aliphatic rings. The van der Waals surface area contributed by atoms with E-state index in [2.05, 4.69) is 15.6 Å². The molecule has 0 aliphatic carbocycles. The monoisotopic (exact) mass is 337 g/mol. The van der Waals surface area contributed by atoms with Crippen molar-refractivity contribution in [3.63, 3.8) is 0 Å². The molecule has 0 saturated carbocycles. The van der Waals surface area contributed by atoms with E-state index in [9.17, 15) is 18.0 Å². The highest BCUT2D eigenvalue weighted by Gasteiger charge is 2.41. The summed E-state index contributed by atoms with van der Waals surface area (Å²) < 4.78 is 38.2. The molecule has 1 saturated heterocycles. The van der Waals surface area contributed by atoms with E-state index in [0.717, 1.165) is 6.42 Å². The second-order valence-corrected chi connectivity index (χ2v) is 5.49. The molecule has 0 spiro atoms. The standard InChI is InChI=1S/C14H26F3N5O/c1-4-5-19-12(23)10-20-13(18-3)22-8-6-21(7-9-22)11(2)14(15,16)17/h11H,4-10H2,1-3H3,(H,18,20)(H,19,23). The van der Waals surface area contributed by atoms with Crippen molar-refractivity contribution in [2.75, 3.05) is 46.3 Å². The molecule has 1 atom stereocenters. The molecule has 2 N–H and O–H groups in total. The number of guanidine groups is 1. The van der Waals surface area contributed by atoms with Crippen LogP contribution in [0.15, 0.2) is 4.99 Å². The second-order valence-electron chi connectivity index (χ2n) is 5.49. The van der Waals surface area contributed by atoms with Crippen molar-refractivity contribution in [2.45, 2.75) is 32.5 Å². The molecule has 9 heteroatoms. The van der Waals surface area contributed by atoms with Crippen molar-refractivity contribution < 1.29 is 18.0 Å². The molecular weight excluding hydrogens is 311 g/mol. The fraction of sp³-hybridized carbons (Fsp3) is 0.857. The van der Waals surface area contributed by atoms with Crippen molar-refractivity contribution in [3.8, 4) is 0 Å². The predicted molar refractivity (Wildman–Crippen MR) is 83.3 cm³/mol. The van der Waals surface area contributed by atoms with Crippen LogP contribution in [0.1, 0.15) is 20.3 Å². The number of carbonyl (C=O) groups excluding carboxylic acids is 1. The maximum Gasteiger partial charge on any atom is 0.403 e.